The fourth-order valence-corrected chi connectivity index (χ4v) is 1.08. The Morgan fingerprint density at radius 1 is 1.36 bits per heavy atom. The Hall–Kier alpha value is -0.305. The van der Waals surface area contributed by atoms with Crippen LogP contribution in [0, 0.1) is 5.92 Å². The van der Waals surface area contributed by atoms with E-state index in [2.05, 4.69) is 13.8 Å². The molecule has 0 aromatic rings. The predicted molar refractivity (Wildman–Crippen MR) is 59.7 cm³/mol. The number of ether oxygens (including phenoxy) is 1. The minimum absolute atomic E-state index is 0.0405. The molecule has 0 aromatic heterocycles. The fraction of sp³-hybridized carbons (Fsp3) is 0.909. The van der Waals surface area contributed by atoms with Crippen molar-refractivity contribution in [3.05, 3.63) is 0 Å². The van der Waals surface area contributed by atoms with Gasteiger partial charge in [0.05, 0.1) is 7.85 Å². The zero-order valence-corrected chi connectivity index (χ0v) is 9.96. The number of hydrogen-bond acceptors (Lipinski definition) is 2. The molecular formula is C11H21BO2. The van der Waals surface area contributed by atoms with Crippen LogP contribution in [0.1, 0.15) is 41.0 Å². The highest BCUT2D eigenvalue weighted by Gasteiger charge is 2.26. The molecule has 3 heteroatoms. The van der Waals surface area contributed by atoms with Gasteiger partial charge >= 0.3 is 0 Å². The van der Waals surface area contributed by atoms with Gasteiger partial charge in [-0.2, -0.15) is 0 Å². The lowest BCUT2D eigenvalue weighted by atomic mass is 9.68. The summed E-state index contributed by atoms with van der Waals surface area (Å²) in [4.78, 5) is 11.6. The number of rotatable bonds is 6. The zero-order chi connectivity index (χ0) is 11.4. The lowest BCUT2D eigenvalue weighted by Crippen LogP contribution is -2.30. The lowest BCUT2D eigenvalue weighted by molar-refractivity contribution is -0.131. The Labute approximate surface area is 88.8 Å². The van der Waals surface area contributed by atoms with Crippen LogP contribution in [0.25, 0.3) is 0 Å². The predicted octanol–water partition coefficient (Wildman–Crippen LogP) is 2.37. The molecule has 0 aliphatic heterocycles. The van der Waals surface area contributed by atoms with Crippen LogP contribution in [0.15, 0.2) is 0 Å². The first-order chi connectivity index (χ1) is 6.25. The van der Waals surface area contributed by atoms with E-state index in [0.717, 1.165) is 6.42 Å². The van der Waals surface area contributed by atoms with Crippen LogP contribution >= 0.6 is 0 Å². The SMILES string of the molecule is [B]C(C)(C)C(=O)C(C)OCCC(C)C. The van der Waals surface area contributed by atoms with Crippen molar-refractivity contribution in [1.29, 1.82) is 0 Å². The maximum Gasteiger partial charge on any atom is 0.158 e. The summed E-state index contributed by atoms with van der Waals surface area (Å²) in [7, 11) is 5.68. The molecule has 14 heavy (non-hydrogen) atoms. The van der Waals surface area contributed by atoms with E-state index in [0.29, 0.717) is 12.5 Å². The average molecular weight is 196 g/mol. The van der Waals surface area contributed by atoms with Crippen molar-refractivity contribution in [2.24, 2.45) is 5.92 Å². The van der Waals surface area contributed by atoms with E-state index in [1.54, 1.807) is 20.8 Å². The van der Waals surface area contributed by atoms with Crippen LogP contribution in [0.2, 0.25) is 5.31 Å². The van der Waals surface area contributed by atoms with Crippen molar-refractivity contribution < 1.29 is 9.53 Å². The Kier molecular flexibility index (Phi) is 5.42. The fourth-order valence-electron chi connectivity index (χ4n) is 1.08. The van der Waals surface area contributed by atoms with Gasteiger partial charge in [0.25, 0.3) is 0 Å². The molecular weight excluding hydrogens is 175 g/mol. The van der Waals surface area contributed by atoms with Crippen molar-refractivity contribution in [1.82, 2.24) is 0 Å². The molecule has 0 amide bonds. The van der Waals surface area contributed by atoms with Crippen LogP contribution in [-0.4, -0.2) is 26.3 Å². The zero-order valence-electron chi connectivity index (χ0n) is 9.96. The van der Waals surface area contributed by atoms with Gasteiger partial charge in [-0.3, -0.25) is 4.79 Å². The average Bonchev–Trinajstić information content (AvgIpc) is 2.00. The largest absolute Gasteiger partial charge is 0.371 e. The number of ketones is 1. The van der Waals surface area contributed by atoms with Crippen LogP contribution in [0.3, 0.4) is 0 Å². The van der Waals surface area contributed by atoms with Gasteiger partial charge < -0.3 is 4.74 Å². The first-order valence-electron chi connectivity index (χ1n) is 5.20. The van der Waals surface area contributed by atoms with Gasteiger partial charge in [0.15, 0.2) is 5.78 Å². The van der Waals surface area contributed by atoms with Gasteiger partial charge in [-0.15, -0.1) is 0 Å². The first-order valence-corrected chi connectivity index (χ1v) is 5.20. The Morgan fingerprint density at radius 3 is 2.21 bits per heavy atom. The minimum atomic E-state index is -0.794. The van der Waals surface area contributed by atoms with E-state index in [9.17, 15) is 4.79 Å². The summed E-state index contributed by atoms with van der Waals surface area (Å²) >= 11 is 0. The Morgan fingerprint density at radius 2 is 1.86 bits per heavy atom. The quantitative estimate of drug-likeness (QED) is 0.609. The third-order valence-corrected chi connectivity index (χ3v) is 2.07. The Bertz CT molecular complexity index is 182. The number of Topliss-reactive ketones (excluding diaryl/α,β-unsaturated/α-hetero) is 1. The second kappa shape index (κ2) is 5.55. The van der Waals surface area contributed by atoms with Gasteiger partial charge in [-0.05, 0) is 24.6 Å². The number of carbonyl (C=O) groups excluding carboxylic acids is 1. The molecule has 0 bridgehead atoms. The molecule has 0 fully saturated rings. The van der Waals surface area contributed by atoms with Crippen molar-refractivity contribution >= 4 is 13.6 Å². The molecule has 0 aromatic carbocycles. The molecule has 0 saturated carbocycles. The summed E-state index contributed by atoms with van der Waals surface area (Å²) in [5, 5.41) is -0.794. The van der Waals surface area contributed by atoms with Crippen LogP contribution in [-0.2, 0) is 9.53 Å². The van der Waals surface area contributed by atoms with Crippen molar-refractivity contribution in [2.45, 2.75) is 52.5 Å². The van der Waals surface area contributed by atoms with Crippen molar-refractivity contribution in [3.63, 3.8) is 0 Å². The third-order valence-electron chi connectivity index (χ3n) is 2.07. The molecule has 0 aliphatic rings. The van der Waals surface area contributed by atoms with E-state index in [-0.39, 0.29) is 5.78 Å². The molecule has 0 spiro atoms. The van der Waals surface area contributed by atoms with Crippen LogP contribution < -0.4 is 0 Å². The van der Waals surface area contributed by atoms with E-state index in [4.69, 9.17) is 12.6 Å². The summed E-state index contributed by atoms with van der Waals surface area (Å²) in [6, 6.07) is 0. The standard InChI is InChI=1S/C11H21BO2/c1-8(2)6-7-14-9(3)10(13)11(4,5)12/h8-9H,6-7H2,1-5H3. The molecule has 1 atom stereocenters. The van der Waals surface area contributed by atoms with E-state index < -0.39 is 11.4 Å². The highest BCUT2D eigenvalue weighted by Crippen LogP contribution is 2.22. The van der Waals surface area contributed by atoms with Gasteiger partial charge in [0.1, 0.15) is 6.10 Å². The van der Waals surface area contributed by atoms with Crippen LogP contribution in [0.5, 0.6) is 0 Å². The molecule has 0 saturated heterocycles. The topological polar surface area (TPSA) is 26.3 Å². The van der Waals surface area contributed by atoms with Crippen LogP contribution in [0.4, 0.5) is 0 Å². The van der Waals surface area contributed by atoms with Gasteiger partial charge in [0.2, 0.25) is 0 Å². The molecule has 0 heterocycles. The van der Waals surface area contributed by atoms with E-state index >= 15 is 0 Å². The second-order valence-corrected chi connectivity index (χ2v) is 4.78. The first kappa shape index (κ1) is 13.7. The highest BCUT2D eigenvalue weighted by molar-refractivity contribution is 6.28. The Balaban J connectivity index is 3.86. The number of carbonyl (C=O) groups is 1. The minimum Gasteiger partial charge on any atom is -0.371 e. The lowest BCUT2D eigenvalue weighted by Gasteiger charge is -2.22. The van der Waals surface area contributed by atoms with Crippen molar-refractivity contribution in [3.8, 4) is 0 Å². The normalized spacial score (nSPS) is 14.4. The molecule has 2 radical (unpaired) electrons. The second-order valence-electron chi connectivity index (χ2n) is 4.78. The number of hydrogen-bond donors (Lipinski definition) is 0. The van der Waals surface area contributed by atoms with Gasteiger partial charge in [-0.1, -0.05) is 27.7 Å². The highest BCUT2D eigenvalue weighted by atomic mass is 16.5. The van der Waals surface area contributed by atoms with Crippen molar-refractivity contribution in [2.75, 3.05) is 6.61 Å². The van der Waals surface area contributed by atoms with Gasteiger partial charge in [0, 0.05) is 6.61 Å². The summed E-state index contributed by atoms with van der Waals surface area (Å²) in [5.74, 6) is 0.560. The molecule has 1 unspecified atom stereocenters. The summed E-state index contributed by atoms with van der Waals surface area (Å²) in [5.41, 5.74) is 0. The molecule has 0 N–H and O–H groups in total. The van der Waals surface area contributed by atoms with E-state index in [1.165, 1.54) is 0 Å². The third kappa shape index (κ3) is 5.43. The molecule has 0 aliphatic carbocycles. The monoisotopic (exact) mass is 196 g/mol. The molecule has 2 nitrogen and oxygen atoms in total. The van der Waals surface area contributed by atoms with E-state index in [1.807, 2.05) is 0 Å². The maximum atomic E-state index is 11.6. The van der Waals surface area contributed by atoms with Gasteiger partial charge in [-0.25, -0.2) is 0 Å². The molecule has 80 valence electrons. The summed E-state index contributed by atoms with van der Waals surface area (Å²) in [6.07, 6.45) is 0.580. The molecule has 0 rings (SSSR count). The smallest absolute Gasteiger partial charge is 0.158 e. The maximum absolute atomic E-state index is 11.6. The summed E-state index contributed by atoms with van der Waals surface area (Å²) in [6.45, 7) is 10.1. The summed E-state index contributed by atoms with van der Waals surface area (Å²) < 4.78 is 5.41.